The number of carbonyl (C=O) groups is 2. The first-order valence-corrected chi connectivity index (χ1v) is 7.49. The van der Waals surface area contributed by atoms with E-state index in [1.807, 2.05) is 0 Å². The average molecular weight is 364 g/mol. The largest absolute Gasteiger partial charge is 0.444 e. The van der Waals surface area contributed by atoms with Crippen molar-refractivity contribution in [2.24, 2.45) is 0 Å². The van der Waals surface area contributed by atoms with Gasteiger partial charge in [-0.1, -0.05) is 23.2 Å². The van der Waals surface area contributed by atoms with Crippen molar-refractivity contribution in [2.75, 3.05) is 12.0 Å². The minimum atomic E-state index is -1.18. The molecular weight excluding hydrogens is 345 g/mol. The number of ether oxygens (including phenoxy) is 1. The first kappa shape index (κ1) is 19.3. The number of anilines is 1. The second-order valence-electron chi connectivity index (χ2n) is 5.62. The second kappa shape index (κ2) is 8.24. The topological polar surface area (TPSA) is 99.7 Å². The van der Waals surface area contributed by atoms with Gasteiger partial charge < -0.3 is 15.2 Å². The predicted octanol–water partition coefficient (Wildman–Crippen LogP) is 2.32. The molecule has 1 aromatic carbocycles. The van der Waals surface area contributed by atoms with Gasteiger partial charge in [-0.2, -0.15) is 0 Å². The molecule has 1 atom stereocenters. The van der Waals surface area contributed by atoms with Gasteiger partial charge in [-0.15, -0.1) is 0 Å². The molecule has 7 nitrogen and oxygen atoms in total. The number of hydrogen-bond donors (Lipinski definition) is 4. The molecule has 0 saturated heterocycles. The van der Waals surface area contributed by atoms with E-state index in [9.17, 15) is 14.7 Å². The zero-order chi connectivity index (χ0) is 17.6. The average Bonchev–Trinajstić information content (AvgIpc) is 2.41. The number of halogens is 2. The third kappa shape index (κ3) is 6.94. The summed E-state index contributed by atoms with van der Waals surface area (Å²) in [7, 11) is 0. The summed E-state index contributed by atoms with van der Waals surface area (Å²) < 4.78 is 5.02. The Morgan fingerprint density at radius 1 is 1.30 bits per heavy atom. The Balaban J connectivity index is 2.58. The first-order valence-electron chi connectivity index (χ1n) is 6.73. The molecule has 23 heavy (non-hydrogen) atoms. The number of rotatable bonds is 5. The van der Waals surface area contributed by atoms with E-state index in [2.05, 4.69) is 16.2 Å². The summed E-state index contributed by atoms with van der Waals surface area (Å²) >= 11 is 11.7. The van der Waals surface area contributed by atoms with Gasteiger partial charge in [0.25, 0.3) is 5.91 Å². The molecule has 0 bridgehead atoms. The molecule has 1 unspecified atom stereocenters. The van der Waals surface area contributed by atoms with Crippen molar-refractivity contribution in [3.63, 3.8) is 0 Å². The number of benzene rings is 1. The van der Waals surface area contributed by atoms with Crippen LogP contribution in [0, 0.1) is 0 Å². The number of aliphatic hydroxyl groups is 1. The van der Waals surface area contributed by atoms with Gasteiger partial charge in [0.15, 0.2) is 0 Å². The van der Waals surface area contributed by atoms with E-state index >= 15 is 0 Å². The molecule has 0 fully saturated rings. The van der Waals surface area contributed by atoms with Gasteiger partial charge >= 0.3 is 6.09 Å². The third-order valence-corrected chi connectivity index (χ3v) is 2.99. The van der Waals surface area contributed by atoms with Crippen LogP contribution in [0.15, 0.2) is 18.2 Å². The fourth-order valence-electron chi connectivity index (χ4n) is 1.45. The van der Waals surface area contributed by atoms with Crippen LogP contribution in [0.1, 0.15) is 20.8 Å². The molecular formula is C14H19Cl2N3O4. The Hall–Kier alpha value is -1.70. The third-order valence-electron chi connectivity index (χ3n) is 2.44. The van der Waals surface area contributed by atoms with Crippen LogP contribution in [-0.2, 0) is 9.53 Å². The zero-order valence-corrected chi connectivity index (χ0v) is 14.5. The van der Waals surface area contributed by atoms with Crippen LogP contribution < -0.4 is 16.2 Å². The van der Waals surface area contributed by atoms with E-state index in [-0.39, 0.29) is 0 Å². The molecule has 0 aliphatic heterocycles. The Morgan fingerprint density at radius 3 is 2.48 bits per heavy atom. The maximum absolute atomic E-state index is 12.0. The van der Waals surface area contributed by atoms with E-state index in [0.29, 0.717) is 15.7 Å². The van der Waals surface area contributed by atoms with Gasteiger partial charge in [-0.25, -0.2) is 4.79 Å². The smallest absolute Gasteiger partial charge is 0.408 e. The molecule has 4 N–H and O–H groups in total. The van der Waals surface area contributed by atoms with E-state index in [1.165, 1.54) is 6.07 Å². The molecule has 0 aliphatic rings. The van der Waals surface area contributed by atoms with Gasteiger partial charge in [-0.05, 0) is 39.0 Å². The Labute approximate surface area is 144 Å². The number of alkyl carbamates (subject to hydrolysis) is 1. The summed E-state index contributed by atoms with van der Waals surface area (Å²) in [5.41, 5.74) is 4.62. The standard InChI is InChI=1S/C14H19Cl2N3O4/c1-14(2,3)23-13(22)17-11(7-20)12(21)19-18-10-5-4-8(15)6-9(10)16/h4-6,11,18,20H,7H2,1-3H3,(H,17,22)(H,19,21). The highest BCUT2D eigenvalue weighted by Crippen LogP contribution is 2.24. The van der Waals surface area contributed by atoms with Crippen LogP contribution in [0.2, 0.25) is 10.0 Å². The van der Waals surface area contributed by atoms with Gasteiger partial charge in [0.2, 0.25) is 0 Å². The van der Waals surface area contributed by atoms with Gasteiger partial charge in [-0.3, -0.25) is 15.6 Å². The second-order valence-corrected chi connectivity index (χ2v) is 6.46. The molecule has 0 radical (unpaired) electrons. The Morgan fingerprint density at radius 2 is 1.96 bits per heavy atom. The Bertz CT molecular complexity index is 576. The summed E-state index contributed by atoms with van der Waals surface area (Å²) in [6, 6.07) is 3.48. The maximum atomic E-state index is 12.0. The van der Waals surface area contributed by atoms with Crippen LogP contribution in [0.3, 0.4) is 0 Å². The van der Waals surface area contributed by atoms with Crippen molar-refractivity contribution in [2.45, 2.75) is 32.4 Å². The zero-order valence-electron chi connectivity index (χ0n) is 12.9. The molecule has 1 aromatic rings. The highest BCUT2D eigenvalue weighted by atomic mass is 35.5. The number of nitrogens with one attached hydrogen (secondary N) is 3. The molecule has 0 saturated carbocycles. The van der Waals surface area contributed by atoms with Crippen LogP contribution in [0.4, 0.5) is 10.5 Å². The van der Waals surface area contributed by atoms with E-state index in [1.54, 1.807) is 32.9 Å². The van der Waals surface area contributed by atoms with Crippen LogP contribution >= 0.6 is 23.2 Å². The molecule has 0 heterocycles. The van der Waals surface area contributed by atoms with Crippen LogP contribution in [0.5, 0.6) is 0 Å². The minimum Gasteiger partial charge on any atom is -0.444 e. The predicted molar refractivity (Wildman–Crippen MR) is 88.5 cm³/mol. The highest BCUT2D eigenvalue weighted by Gasteiger charge is 2.23. The van der Waals surface area contributed by atoms with Crippen molar-refractivity contribution in [1.82, 2.24) is 10.7 Å². The molecule has 0 spiro atoms. The highest BCUT2D eigenvalue weighted by molar-refractivity contribution is 6.36. The molecule has 1 rings (SSSR count). The number of hydrogen-bond acceptors (Lipinski definition) is 5. The lowest BCUT2D eigenvalue weighted by Crippen LogP contribution is -2.51. The van der Waals surface area contributed by atoms with Crippen molar-refractivity contribution in [3.05, 3.63) is 28.2 Å². The minimum absolute atomic E-state index is 0.304. The summed E-state index contributed by atoms with van der Waals surface area (Å²) in [4.78, 5) is 23.6. The SMILES string of the molecule is CC(C)(C)OC(=O)NC(CO)C(=O)NNc1ccc(Cl)cc1Cl. The normalized spacial score (nSPS) is 12.3. The monoisotopic (exact) mass is 363 g/mol. The van der Waals surface area contributed by atoms with Crippen LogP contribution in [0.25, 0.3) is 0 Å². The van der Waals surface area contributed by atoms with Crippen molar-refractivity contribution in [3.8, 4) is 0 Å². The molecule has 128 valence electrons. The maximum Gasteiger partial charge on any atom is 0.408 e. The van der Waals surface area contributed by atoms with Crippen LogP contribution in [-0.4, -0.2) is 35.4 Å². The van der Waals surface area contributed by atoms with E-state index in [4.69, 9.17) is 27.9 Å². The molecule has 9 heteroatoms. The molecule has 0 aromatic heterocycles. The van der Waals surface area contributed by atoms with E-state index < -0.39 is 30.3 Å². The van der Waals surface area contributed by atoms with Crippen molar-refractivity contribution >= 4 is 40.9 Å². The first-order chi connectivity index (χ1) is 10.6. The summed E-state index contributed by atoms with van der Waals surface area (Å²) in [5.74, 6) is -0.663. The molecule has 2 amide bonds. The van der Waals surface area contributed by atoms with Gasteiger partial charge in [0, 0.05) is 5.02 Å². The number of hydrazine groups is 1. The number of aliphatic hydroxyl groups excluding tert-OH is 1. The van der Waals surface area contributed by atoms with Crippen molar-refractivity contribution < 1.29 is 19.4 Å². The fourth-order valence-corrected chi connectivity index (χ4v) is 1.91. The summed E-state index contributed by atoms with van der Waals surface area (Å²) in [6.07, 6.45) is -0.809. The number of carbonyl (C=O) groups excluding carboxylic acids is 2. The lowest BCUT2D eigenvalue weighted by Gasteiger charge is -2.22. The lowest BCUT2D eigenvalue weighted by atomic mass is 10.2. The number of amides is 2. The summed E-state index contributed by atoms with van der Waals surface area (Å²) in [5, 5.41) is 12.2. The lowest BCUT2D eigenvalue weighted by molar-refractivity contribution is -0.123. The van der Waals surface area contributed by atoms with Gasteiger partial charge in [0.05, 0.1) is 17.3 Å². The Kier molecular flexibility index (Phi) is 6.93. The quantitative estimate of drug-likeness (QED) is 0.601. The summed E-state index contributed by atoms with van der Waals surface area (Å²) in [6.45, 7) is 4.46. The van der Waals surface area contributed by atoms with E-state index in [0.717, 1.165) is 0 Å². The molecule has 0 aliphatic carbocycles. The van der Waals surface area contributed by atoms with Crippen molar-refractivity contribution in [1.29, 1.82) is 0 Å². The fraction of sp³-hybridized carbons (Fsp3) is 0.429. The van der Waals surface area contributed by atoms with Gasteiger partial charge in [0.1, 0.15) is 11.6 Å².